The fourth-order valence-corrected chi connectivity index (χ4v) is 7.95. The molecule has 3 aromatic heterocycles. The number of halogens is 2. The maximum absolute atomic E-state index is 16.6. The van der Waals surface area contributed by atoms with E-state index in [4.69, 9.17) is 30.8 Å². The Morgan fingerprint density at radius 2 is 2.08 bits per heavy atom. The van der Waals surface area contributed by atoms with E-state index in [0.29, 0.717) is 41.0 Å². The molecule has 0 amide bonds. The smallest absolute Gasteiger partial charge is 0.319 e. The van der Waals surface area contributed by atoms with Gasteiger partial charge in [0.05, 0.1) is 44.2 Å². The zero-order valence-corrected chi connectivity index (χ0v) is 29.9. The van der Waals surface area contributed by atoms with Crippen LogP contribution in [0, 0.1) is 16.6 Å². The van der Waals surface area contributed by atoms with E-state index in [2.05, 4.69) is 45.5 Å². The Kier molecular flexibility index (Phi) is 10.8. The Labute approximate surface area is 292 Å². The maximum atomic E-state index is 16.6. The van der Waals surface area contributed by atoms with Crippen LogP contribution in [0.1, 0.15) is 71.4 Å². The highest BCUT2D eigenvalue weighted by atomic mass is 35.5. The van der Waals surface area contributed by atoms with E-state index < -0.39 is 5.82 Å². The van der Waals surface area contributed by atoms with Crippen molar-refractivity contribution in [3.05, 3.63) is 38.9 Å². The number of aromatic amines is 1. The van der Waals surface area contributed by atoms with Crippen molar-refractivity contribution in [3.8, 4) is 11.9 Å². The number of hydrogen-bond donors (Lipinski definition) is 2. The number of unbranched alkanes of at least 4 members (excludes halogenated alkanes) is 1. The SMILES string of the molecule is C=c1cn[nH]/c1=C/C(C)=C(/Cl)Cc1nc(OC)c2c(N(CO)CCCC)nc(OCC34CCCC3N(CC3(C)COC3)CCC4)nc2c1F. The van der Waals surface area contributed by atoms with Crippen LogP contribution in [0.25, 0.3) is 23.6 Å². The molecule has 5 heterocycles. The Morgan fingerprint density at radius 1 is 1.29 bits per heavy atom. The zero-order valence-electron chi connectivity index (χ0n) is 29.2. The summed E-state index contributed by atoms with van der Waals surface area (Å²) in [6, 6.07) is 0.473. The highest BCUT2D eigenvalue weighted by molar-refractivity contribution is 6.30. The Morgan fingerprint density at radius 3 is 2.76 bits per heavy atom. The number of anilines is 1. The highest BCUT2D eigenvalue weighted by Crippen LogP contribution is 2.49. The summed E-state index contributed by atoms with van der Waals surface area (Å²) in [7, 11) is 1.47. The third kappa shape index (κ3) is 7.29. The fourth-order valence-electron chi connectivity index (χ4n) is 7.77. The Balaban J connectivity index is 1.37. The number of H-pyrrole nitrogens is 1. The number of pyridine rings is 1. The number of nitrogens with one attached hydrogen (secondary N) is 1. The van der Waals surface area contributed by atoms with Crippen molar-refractivity contribution >= 4 is 41.0 Å². The van der Waals surface area contributed by atoms with Crippen molar-refractivity contribution in [2.45, 2.75) is 78.2 Å². The number of methoxy groups -OCH3 is 1. The van der Waals surface area contributed by atoms with Gasteiger partial charge in [-0.3, -0.25) is 10.00 Å². The molecule has 3 aromatic rings. The van der Waals surface area contributed by atoms with Crippen LogP contribution in [-0.4, -0.2) is 94.5 Å². The summed E-state index contributed by atoms with van der Waals surface area (Å²) in [6.07, 6.45) is 10.6. The third-order valence-electron chi connectivity index (χ3n) is 10.5. The van der Waals surface area contributed by atoms with Crippen molar-refractivity contribution in [2.24, 2.45) is 10.8 Å². The summed E-state index contributed by atoms with van der Waals surface area (Å²) < 4.78 is 34.4. The second-order valence-corrected chi connectivity index (χ2v) is 14.8. The summed E-state index contributed by atoms with van der Waals surface area (Å²) in [5.74, 6) is -0.170. The van der Waals surface area contributed by atoms with Gasteiger partial charge in [-0.15, -0.1) is 0 Å². The number of ether oxygens (including phenoxy) is 3. The first-order valence-corrected chi connectivity index (χ1v) is 17.8. The molecule has 266 valence electrons. The molecule has 2 N–H and O–H groups in total. The number of rotatable bonds is 14. The van der Waals surface area contributed by atoms with Crippen molar-refractivity contribution < 1.29 is 23.7 Å². The molecule has 1 saturated carbocycles. The predicted molar refractivity (Wildman–Crippen MR) is 189 cm³/mol. The van der Waals surface area contributed by atoms with E-state index >= 15 is 4.39 Å². The van der Waals surface area contributed by atoms with E-state index in [1.807, 2.05) is 13.0 Å². The number of allylic oxidation sites excluding steroid dienone is 2. The number of hydrogen-bond acceptors (Lipinski definition) is 10. The van der Waals surface area contributed by atoms with Crippen LogP contribution in [0.15, 0.2) is 16.8 Å². The molecule has 0 aromatic carbocycles. The number of piperidine rings is 1. The minimum atomic E-state index is -0.639. The monoisotopic (exact) mass is 697 g/mol. The lowest BCUT2D eigenvalue weighted by Gasteiger charge is -2.50. The number of likely N-dealkylation sites (tertiary alicyclic amines) is 1. The molecule has 2 atom stereocenters. The van der Waals surface area contributed by atoms with Crippen LogP contribution in [0.5, 0.6) is 11.9 Å². The first kappa shape index (κ1) is 35.5. The summed E-state index contributed by atoms with van der Waals surface area (Å²) in [5, 5.41) is 19.5. The molecule has 2 saturated heterocycles. The summed E-state index contributed by atoms with van der Waals surface area (Å²) in [5.41, 5.74) is 0.958. The normalized spacial score (nSPS) is 22.9. The lowest BCUT2D eigenvalue weighted by Crippen LogP contribution is -2.57. The van der Waals surface area contributed by atoms with Crippen molar-refractivity contribution in [1.82, 2.24) is 30.0 Å². The molecule has 3 aliphatic rings. The standard InChI is InChI=1S/C36H49ClFN7O4/c1-6-7-13-45(22-46)32-29-31(30(38)27(40-33(29)47-5)16-25(37)23(2)15-26-24(3)17-39-43-26)41-34(42-32)49-21-36-11-8-10-28(36)44(14-9-12-36)18-35(4)19-48-20-35/h15,17,28,43,46H,3,6-14,16,18-22H2,1-2,4-5H3/b25-23+,26-15+. The number of aromatic nitrogens is 5. The lowest BCUT2D eigenvalue weighted by atomic mass is 9.74. The molecular weight excluding hydrogens is 649 g/mol. The topological polar surface area (TPSA) is 122 Å². The second kappa shape index (κ2) is 14.9. The molecule has 6 rings (SSSR count). The molecule has 0 bridgehead atoms. The zero-order chi connectivity index (χ0) is 34.8. The van der Waals surface area contributed by atoms with Gasteiger partial charge in [-0.05, 0) is 57.2 Å². The first-order valence-electron chi connectivity index (χ1n) is 17.4. The first-order chi connectivity index (χ1) is 23.6. The van der Waals surface area contributed by atoms with Gasteiger partial charge < -0.3 is 24.2 Å². The summed E-state index contributed by atoms with van der Waals surface area (Å²) >= 11 is 6.73. The van der Waals surface area contributed by atoms with Crippen LogP contribution in [-0.2, 0) is 11.2 Å². The van der Waals surface area contributed by atoms with Crippen LogP contribution in [0.2, 0.25) is 0 Å². The fraction of sp³-hybridized carbons (Fsp3) is 0.611. The summed E-state index contributed by atoms with van der Waals surface area (Å²) in [6.45, 7) is 14.5. The number of aliphatic hydroxyl groups excluding tert-OH is 1. The molecule has 1 aliphatic carbocycles. The van der Waals surface area contributed by atoms with Gasteiger partial charge in [-0.2, -0.15) is 15.1 Å². The quantitative estimate of drug-likeness (QED) is 0.234. The van der Waals surface area contributed by atoms with Crippen molar-refractivity contribution in [2.75, 3.05) is 58.2 Å². The number of fused-ring (bicyclic) bond motifs is 2. The molecule has 2 unspecified atom stereocenters. The van der Waals surface area contributed by atoms with Crippen molar-refractivity contribution in [3.63, 3.8) is 0 Å². The van der Waals surface area contributed by atoms with Gasteiger partial charge >= 0.3 is 6.01 Å². The molecule has 0 spiro atoms. The molecule has 11 nitrogen and oxygen atoms in total. The molecular formula is C36H49ClFN7O4. The van der Waals surface area contributed by atoms with Gasteiger partial charge in [0, 0.05) is 46.6 Å². The average molecular weight is 698 g/mol. The lowest BCUT2D eigenvalue weighted by molar-refractivity contribution is -0.130. The van der Waals surface area contributed by atoms with Crippen LogP contribution in [0.4, 0.5) is 10.2 Å². The second-order valence-electron chi connectivity index (χ2n) is 14.3. The molecule has 3 fully saturated rings. The van der Waals surface area contributed by atoms with E-state index in [1.165, 1.54) is 7.11 Å². The van der Waals surface area contributed by atoms with Gasteiger partial charge in [0.2, 0.25) is 5.88 Å². The molecule has 13 heteroatoms. The molecule has 0 radical (unpaired) electrons. The van der Waals surface area contributed by atoms with Crippen LogP contribution in [0.3, 0.4) is 0 Å². The molecule has 49 heavy (non-hydrogen) atoms. The van der Waals surface area contributed by atoms with Crippen LogP contribution >= 0.6 is 11.6 Å². The predicted octanol–water partition coefficient (Wildman–Crippen LogP) is 4.45. The van der Waals surface area contributed by atoms with E-state index in [0.717, 1.165) is 76.5 Å². The van der Waals surface area contributed by atoms with Gasteiger partial charge in [0.15, 0.2) is 11.6 Å². The number of nitrogens with zero attached hydrogens (tertiary/aromatic N) is 6. The minimum absolute atomic E-state index is 0.00228. The van der Waals surface area contributed by atoms with Gasteiger partial charge in [0.25, 0.3) is 0 Å². The molecule has 2 aliphatic heterocycles. The van der Waals surface area contributed by atoms with E-state index in [-0.39, 0.29) is 52.5 Å². The maximum Gasteiger partial charge on any atom is 0.319 e. The Hall–Kier alpha value is -3.32. The largest absolute Gasteiger partial charge is 0.480 e. The Bertz CT molecular complexity index is 1800. The van der Waals surface area contributed by atoms with Crippen LogP contribution < -0.4 is 24.9 Å². The van der Waals surface area contributed by atoms with Gasteiger partial charge in [0.1, 0.15) is 17.6 Å². The minimum Gasteiger partial charge on any atom is -0.480 e. The summed E-state index contributed by atoms with van der Waals surface area (Å²) in [4.78, 5) is 18.4. The highest BCUT2D eigenvalue weighted by Gasteiger charge is 2.50. The van der Waals surface area contributed by atoms with E-state index in [9.17, 15) is 5.11 Å². The van der Waals surface area contributed by atoms with Gasteiger partial charge in [-0.1, -0.05) is 44.9 Å². The van der Waals surface area contributed by atoms with Crippen molar-refractivity contribution in [1.29, 1.82) is 0 Å². The van der Waals surface area contributed by atoms with Gasteiger partial charge in [-0.25, -0.2) is 9.37 Å². The third-order valence-corrected chi connectivity index (χ3v) is 10.9. The number of aliphatic hydroxyl groups is 1. The van der Waals surface area contributed by atoms with E-state index in [1.54, 1.807) is 11.1 Å². The average Bonchev–Trinajstić information content (AvgIpc) is 3.71.